The largest absolute Gasteiger partial charge is 0.481 e. The molecule has 0 unspecified atom stereocenters. The Morgan fingerprint density at radius 2 is 2.12 bits per heavy atom. The van der Waals surface area contributed by atoms with Crippen LogP contribution in [0.2, 0.25) is 0 Å². The SMILES string of the molecule is O=C(O)C[C@@H](O)c1ccncc1C(F)(F)F. The van der Waals surface area contributed by atoms with Crippen LogP contribution in [-0.4, -0.2) is 21.2 Å². The van der Waals surface area contributed by atoms with E-state index < -0.39 is 35.8 Å². The van der Waals surface area contributed by atoms with Crippen molar-refractivity contribution in [2.75, 3.05) is 0 Å². The second-order valence-electron chi connectivity index (χ2n) is 3.07. The Bertz CT molecular complexity index is 392. The van der Waals surface area contributed by atoms with Crippen molar-refractivity contribution in [3.05, 3.63) is 29.6 Å². The molecule has 0 saturated carbocycles. The Balaban J connectivity index is 3.08. The highest BCUT2D eigenvalue weighted by molar-refractivity contribution is 5.67. The Kier molecular flexibility index (Phi) is 3.48. The summed E-state index contributed by atoms with van der Waals surface area (Å²) in [6, 6.07) is 0.955. The molecule has 4 nitrogen and oxygen atoms in total. The molecule has 0 amide bonds. The standard InChI is InChI=1S/C9H8F3NO3/c10-9(11,12)6-4-13-2-1-5(6)7(14)3-8(15)16/h1-2,4,7,14H,3H2,(H,15,16)/t7-/m1/s1. The summed E-state index contributed by atoms with van der Waals surface area (Å²) in [6.45, 7) is 0. The normalized spacial score (nSPS) is 13.5. The number of carbonyl (C=O) groups is 1. The van der Waals surface area contributed by atoms with Gasteiger partial charge in [-0.05, 0) is 11.6 Å². The predicted octanol–water partition coefficient (Wildman–Crippen LogP) is 1.61. The highest BCUT2D eigenvalue weighted by Crippen LogP contribution is 2.34. The van der Waals surface area contributed by atoms with Crippen LogP contribution >= 0.6 is 0 Å². The van der Waals surface area contributed by atoms with Crippen molar-refractivity contribution in [3.63, 3.8) is 0 Å². The molecule has 0 fully saturated rings. The zero-order chi connectivity index (χ0) is 12.3. The molecule has 1 aromatic rings. The highest BCUT2D eigenvalue weighted by atomic mass is 19.4. The fourth-order valence-corrected chi connectivity index (χ4v) is 1.21. The first-order valence-corrected chi connectivity index (χ1v) is 4.23. The van der Waals surface area contributed by atoms with Crippen molar-refractivity contribution >= 4 is 5.97 Å². The smallest absolute Gasteiger partial charge is 0.418 e. The van der Waals surface area contributed by atoms with E-state index in [1.807, 2.05) is 0 Å². The Morgan fingerprint density at radius 1 is 1.50 bits per heavy atom. The van der Waals surface area contributed by atoms with Crippen LogP contribution in [0, 0.1) is 0 Å². The van der Waals surface area contributed by atoms with Gasteiger partial charge in [-0.25, -0.2) is 0 Å². The Hall–Kier alpha value is -1.63. The van der Waals surface area contributed by atoms with E-state index in [0.717, 1.165) is 12.3 Å². The zero-order valence-electron chi connectivity index (χ0n) is 7.90. The van der Waals surface area contributed by atoms with E-state index in [4.69, 9.17) is 5.11 Å². The number of carboxylic acids is 1. The summed E-state index contributed by atoms with van der Waals surface area (Å²) in [6.07, 6.45) is -5.52. The number of hydrogen-bond donors (Lipinski definition) is 2. The van der Waals surface area contributed by atoms with Gasteiger partial charge in [-0.15, -0.1) is 0 Å². The van der Waals surface area contributed by atoms with Gasteiger partial charge in [0.2, 0.25) is 0 Å². The molecular weight excluding hydrogens is 227 g/mol. The number of nitrogens with zero attached hydrogens (tertiary/aromatic N) is 1. The molecule has 1 heterocycles. The van der Waals surface area contributed by atoms with Crippen molar-refractivity contribution < 1.29 is 28.2 Å². The van der Waals surface area contributed by atoms with E-state index in [0.29, 0.717) is 6.20 Å². The first-order valence-electron chi connectivity index (χ1n) is 4.23. The number of aliphatic carboxylic acids is 1. The average Bonchev–Trinajstić information content (AvgIpc) is 2.15. The lowest BCUT2D eigenvalue weighted by Gasteiger charge is -2.15. The van der Waals surface area contributed by atoms with Gasteiger partial charge in [0.05, 0.1) is 18.1 Å². The van der Waals surface area contributed by atoms with Crippen LogP contribution in [0.1, 0.15) is 23.7 Å². The number of rotatable bonds is 3. The van der Waals surface area contributed by atoms with Crippen LogP contribution in [0.25, 0.3) is 0 Å². The maximum Gasteiger partial charge on any atom is 0.418 e. The summed E-state index contributed by atoms with van der Waals surface area (Å²) in [7, 11) is 0. The van der Waals surface area contributed by atoms with E-state index in [2.05, 4.69) is 4.98 Å². The lowest BCUT2D eigenvalue weighted by atomic mass is 10.0. The molecule has 0 aliphatic rings. The molecule has 0 saturated heterocycles. The number of hydrogen-bond acceptors (Lipinski definition) is 3. The number of carboxylic acid groups (broad SMARTS) is 1. The van der Waals surface area contributed by atoms with E-state index in [-0.39, 0.29) is 0 Å². The Morgan fingerprint density at radius 3 is 2.62 bits per heavy atom. The first kappa shape index (κ1) is 12.4. The summed E-state index contributed by atoms with van der Waals surface area (Å²) in [4.78, 5) is 13.6. The second kappa shape index (κ2) is 4.48. The molecule has 88 valence electrons. The van der Waals surface area contributed by atoms with Crippen LogP contribution in [-0.2, 0) is 11.0 Å². The number of aliphatic hydroxyl groups excluding tert-OH is 1. The van der Waals surface area contributed by atoms with Crippen molar-refractivity contribution in [3.8, 4) is 0 Å². The number of halogens is 3. The van der Waals surface area contributed by atoms with Crippen molar-refractivity contribution in [2.24, 2.45) is 0 Å². The van der Waals surface area contributed by atoms with Crippen molar-refractivity contribution in [1.29, 1.82) is 0 Å². The van der Waals surface area contributed by atoms with Gasteiger partial charge >= 0.3 is 12.1 Å². The summed E-state index contributed by atoms with van der Waals surface area (Å²) in [5.41, 5.74) is -1.60. The third kappa shape index (κ3) is 2.93. The third-order valence-corrected chi connectivity index (χ3v) is 1.89. The number of alkyl halides is 3. The fourth-order valence-electron chi connectivity index (χ4n) is 1.21. The molecule has 0 aliphatic carbocycles. The van der Waals surface area contributed by atoms with E-state index in [1.165, 1.54) is 0 Å². The summed E-state index contributed by atoms with van der Waals surface area (Å²) in [5.74, 6) is -1.38. The van der Waals surface area contributed by atoms with Crippen LogP contribution < -0.4 is 0 Å². The molecule has 7 heteroatoms. The molecule has 0 aromatic carbocycles. The lowest BCUT2D eigenvalue weighted by molar-refractivity contribution is -0.143. The highest BCUT2D eigenvalue weighted by Gasteiger charge is 2.35. The van der Waals surface area contributed by atoms with Crippen LogP contribution in [0.15, 0.2) is 18.5 Å². The molecule has 2 N–H and O–H groups in total. The van der Waals surface area contributed by atoms with E-state index in [9.17, 15) is 23.1 Å². The molecule has 1 aromatic heterocycles. The minimum absolute atomic E-state index is 0.482. The van der Waals surface area contributed by atoms with E-state index >= 15 is 0 Å². The third-order valence-electron chi connectivity index (χ3n) is 1.89. The van der Waals surface area contributed by atoms with Crippen LogP contribution in [0.5, 0.6) is 0 Å². The zero-order valence-corrected chi connectivity index (χ0v) is 7.90. The molecular formula is C9H8F3NO3. The topological polar surface area (TPSA) is 70.4 Å². The number of pyridine rings is 1. The van der Waals surface area contributed by atoms with Gasteiger partial charge in [-0.3, -0.25) is 9.78 Å². The Labute approximate surface area is 88.4 Å². The van der Waals surface area contributed by atoms with Gasteiger partial charge in [0.15, 0.2) is 0 Å². The van der Waals surface area contributed by atoms with Crippen LogP contribution in [0.3, 0.4) is 0 Å². The van der Waals surface area contributed by atoms with Crippen molar-refractivity contribution in [2.45, 2.75) is 18.7 Å². The average molecular weight is 235 g/mol. The monoisotopic (exact) mass is 235 g/mol. The van der Waals surface area contributed by atoms with Crippen LogP contribution in [0.4, 0.5) is 13.2 Å². The van der Waals surface area contributed by atoms with Gasteiger partial charge in [0, 0.05) is 12.4 Å². The summed E-state index contributed by atoms with van der Waals surface area (Å²) < 4.78 is 37.3. The molecule has 0 bridgehead atoms. The number of aromatic nitrogens is 1. The molecule has 16 heavy (non-hydrogen) atoms. The molecule has 1 atom stereocenters. The molecule has 0 aliphatic heterocycles. The van der Waals surface area contributed by atoms with Gasteiger partial charge in [-0.2, -0.15) is 13.2 Å². The summed E-state index contributed by atoms with van der Waals surface area (Å²) in [5, 5.41) is 17.7. The molecule has 1 rings (SSSR count). The molecule has 0 spiro atoms. The fraction of sp³-hybridized carbons (Fsp3) is 0.333. The predicted molar refractivity (Wildman–Crippen MR) is 46.5 cm³/mol. The number of aliphatic hydroxyl groups is 1. The minimum atomic E-state index is -4.66. The van der Waals surface area contributed by atoms with E-state index in [1.54, 1.807) is 0 Å². The minimum Gasteiger partial charge on any atom is -0.481 e. The summed E-state index contributed by atoms with van der Waals surface area (Å²) >= 11 is 0. The van der Waals surface area contributed by atoms with Crippen molar-refractivity contribution in [1.82, 2.24) is 4.98 Å². The van der Waals surface area contributed by atoms with Gasteiger partial charge in [0.1, 0.15) is 0 Å². The second-order valence-corrected chi connectivity index (χ2v) is 3.07. The van der Waals surface area contributed by atoms with Gasteiger partial charge in [-0.1, -0.05) is 0 Å². The van der Waals surface area contributed by atoms with Gasteiger partial charge in [0.25, 0.3) is 0 Å². The lowest BCUT2D eigenvalue weighted by Crippen LogP contribution is -2.14. The van der Waals surface area contributed by atoms with Gasteiger partial charge < -0.3 is 10.2 Å². The first-order chi connectivity index (χ1) is 7.32. The molecule has 0 radical (unpaired) electrons. The quantitative estimate of drug-likeness (QED) is 0.834. The maximum absolute atomic E-state index is 12.4. The maximum atomic E-state index is 12.4.